The number of para-hydroxylation sites is 1. The molecule has 1 amide bonds. The normalized spacial score (nSPS) is 14.6. The fourth-order valence-corrected chi connectivity index (χ4v) is 3.21. The van der Waals surface area contributed by atoms with Gasteiger partial charge in [0.1, 0.15) is 0 Å². The highest BCUT2D eigenvalue weighted by atomic mass is 16.4. The van der Waals surface area contributed by atoms with Crippen LogP contribution in [0.15, 0.2) is 54.6 Å². The molecule has 1 saturated heterocycles. The number of hydrogen-bond donors (Lipinski definition) is 2. The molecule has 1 heterocycles. The van der Waals surface area contributed by atoms with E-state index in [9.17, 15) is 4.79 Å². The number of carboxylic acid groups (broad SMARTS) is 1. The molecule has 0 unspecified atom stereocenters. The third kappa shape index (κ3) is 4.73. The molecule has 0 aliphatic carbocycles. The van der Waals surface area contributed by atoms with Crippen molar-refractivity contribution in [1.82, 2.24) is 10.2 Å². The van der Waals surface area contributed by atoms with Gasteiger partial charge in [0, 0.05) is 38.4 Å². The fraction of sp³-hybridized carbons (Fsp3) is 0.350. The van der Waals surface area contributed by atoms with E-state index in [1.807, 2.05) is 12.1 Å². The van der Waals surface area contributed by atoms with Crippen LogP contribution >= 0.6 is 0 Å². The molecular weight excluding hydrogens is 314 g/mol. The molecule has 5 nitrogen and oxygen atoms in total. The molecule has 2 aromatic carbocycles. The highest BCUT2D eigenvalue weighted by molar-refractivity contribution is 5.65. The van der Waals surface area contributed by atoms with Crippen molar-refractivity contribution in [1.29, 1.82) is 0 Å². The van der Waals surface area contributed by atoms with E-state index in [1.54, 1.807) is 0 Å². The molecule has 0 bridgehead atoms. The van der Waals surface area contributed by atoms with Crippen molar-refractivity contribution >= 4 is 11.8 Å². The van der Waals surface area contributed by atoms with E-state index in [1.165, 1.54) is 21.7 Å². The van der Waals surface area contributed by atoms with Crippen LogP contribution in [-0.2, 0) is 13.0 Å². The summed E-state index contributed by atoms with van der Waals surface area (Å²) in [6.07, 6.45) is 0.191. The molecule has 1 aliphatic heterocycles. The lowest BCUT2D eigenvalue weighted by molar-refractivity contribution is 0.142. The third-order valence-electron chi connectivity index (χ3n) is 4.63. The van der Waals surface area contributed by atoms with Crippen molar-refractivity contribution in [3.05, 3.63) is 65.7 Å². The van der Waals surface area contributed by atoms with E-state index in [-0.39, 0.29) is 0 Å². The Labute approximate surface area is 148 Å². The monoisotopic (exact) mass is 339 g/mol. The van der Waals surface area contributed by atoms with Gasteiger partial charge < -0.3 is 20.2 Å². The maximum absolute atomic E-state index is 11.1. The lowest BCUT2D eigenvalue weighted by atomic mass is 10.1. The Bertz CT molecular complexity index is 682. The van der Waals surface area contributed by atoms with E-state index in [2.05, 4.69) is 52.7 Å². The Morgan fingerprint density at radius 2 is 1.64 bits per heavy atom. The summed E-state index contributed by atoms with van der Waals surface area (Å²) in [5.41, 5.74) is 3.81. The molecule has 3 rings (SSSR count). The smallest absolute Gasteiger partial charge is 0.407 e. The highest BCUT2D eigenvalue weighted by Gasteiger charge is 2.21. The summed E-state index contributed by atoms with van der Waals surface area (Å²) in [4.78, 5) is 14.8. The molecule has 132 valence electrons. The van der Waals surface area contributed by atoms with Gasteiger partial charge in [-0.15, -0.1) is 0 Å². The molecule has 0 spiro atoms. The van der Waals surface area contributed by atoms with E-state index in [0.29, 0.717) is 13.1 Å². The maximum atomic E-state index is 11.1. The zero-order valence-corrected chi connectivity index (χ0v) is 14.4. The van der Waals surface area contributed by atoms with Gasteiger partial charge in [-0.1, -0.05) is 48.5 Å². The van der Waals surface area contributed by atoms with Gasteiger partial charge in [-0.25, -0.2) is 4.79 Å². The summed E-state index contributed by atoms with van der Waals surface area (Å²) in [5.74, 6) is 0. The lowest BCUT2D eigenvalue weighted by Gasteiger charge is -2.35. The average molecular weight is 339 g/mol. The van der Waals surface area contributed by atoms with Crippen LogP contribution in [-0.4, -0.2) is 48.8 Å². The first kappa shape index (κ1) is 17.3. The molecule has 0 saturated carbocycles. The van der Waals surface area contributed by atoms with Gasteiger partial charge in [-0.05, 0) is 30.2 Å². The van der Waals surface area contributed by atoms with Crippen LogP contribution in [0.25, 0.3) is 0 Å². The van der Waals surface area contributed by atoms with Crippen molar-refractivity contribution in [2.75, 3.05) is 37.6 Å². The van der Waals surface area contributed by atoms with Crippen LogP contribution in [0.4, 0.5) is 10.5 Å². The van der Waals surface area contributed by atoms with Crippen LogP contribution in [0.3, 0.4) is 0 Å². The summed E-state index contributed by atoms with van der Waals surface area (Å²) in [6, 6.07) is 18.9. The van der Waals surface area contributed by atoms with Crippen molar-refractivity contribution in [2.24, 2.45) is 0 Å². The highest BCUT2D eigenvalue weighted by Crippen LogP contribution is 2.21. The molecule has 1 aliphatic rings. The third-order valence-corrected chi connectivity index (χ3v) is 4.63. The predicted octanol–water partition coefficient (Wildman–Crippen LogP) is 2.82. The second-order valence-corrected chi connectivity index (χ2v) is 6.30. The Balaban J connectivity index is 1.53. The van der Waals surface area contributed by atoms with E-state index < -0.39 is 6.09 Å². The van der Waals surface area contributed by atoms with Gasteiger partial charge in [0.25, 0.3) is 0 Å². The second-order valence-electron chi connectivity index (χ2n) is 6.30. The van der Waals surface area contributed by atoms with Gasteiger partial charge in [0.05, 0.1) is 0 Å². The van der Waals surface area contributed by atoms with Gasteiger partial charge in [0.2, 0.25) is 0 Å². The number of amides is 1. The summed E-state index contributed by atoms with van der Waals surface area (Å²) < 4.78 is 0. The Morgan fingerprint density at radius 3 is 2.36 bits per heavy atom. The molecule has 0 radical (unpaired) electrons. The number of anilines is 1. The van der Waals surface area contributed by atoms with Crippen molar-refractivity contribution in [3.63, 3.8) is 0 Å². The minimum atomic E-state index is -0.824. The van der Waals surface area contributed by atoms with Gasteiger partial charge >= 0.3 is 6.09 Å². The molecule has 0 aromatic heterocycles. The van der Waals surface area contributed by atoms with Crippen LogP contribution < -0.4 is 10.2 Å². The molecule has 2 N–H and O–H groups in total. The van der Waals surface area contributed by atoms with Gasteiger partial charge in [0.15, 0.2) is 0 Å². The Morgan fingerprint density at radius 1 is 0.960 bits per heavy atom. The van der Waals surface area contributed by atoms with Crippen molar-refractivity contribution in [2.45, 2.75) is 13.0 Å². The summed E-state index contributed by atoms with van der Waals surface area (Å²) in [6.45, 7) is 4.37. The number of carbonyl (C=O) groups is 1. The van der Waals surface area contributed by atoms with E-state index in [0.717, 1.165) is 32.6 Å². The van der Waals surface area contributed by atoms with Crippen LogP contribution in [0, 0.1) is 0 Å². The predicted molar refractivity (Wildman–Crippen MR) is 100 cm³/mol. The first-order valence-electron chi connectivity index (χ1n) is 8.79. The number of nitrogens with one attached hydrogen (secondary N) is 1. The molecule has 5 heteroatoms. The number of rotatable bonds is 6. The summed E-state index contributed by atoms with van der Waals surface area (Å²) in [5, 5.41) is 12.6. The molecule has 2 aromatic rings. The number of hydrogen-bond acceptors (Lipinski definition) is 3. The van der Waals surface area contributed by atoms with E-state index in [4.69, 9.17) is 5.11 Å². The van der Waals surface area contributed by atoms with Crippen LogP contribution in [0.5, 0.6) is 0 Å². The van der Waals surface area contributed by atoms with E-state index >= 15 is 0 Å². The summed E-state index contributed by atoms with van der Waals surface area (Å²) >= 11 is 0. The van der Waals surface area contributed by atoms with Crippen molar-refractivity contribution < 1.29 is 9.90 Å². The molecule has 1 fully saturated rings. The zero-order valence-electron chi connectivity index (χ0n) is 14.4. The van der Waals surface area contributed by atoms with Gasteiger partial charge in [-0.2, -0.15) is 0 Å². The number of benzene rings is 2. The summed E-state index contributed by atoms with van der Waals surface area (Å²) in [7, 11) is 0. The largest absolute Gasteiger partial charge is 0.465 e. The van der Waals surface area contributed by atoms with Crippen LogP contribution in [0.1, 0.15) is 11.1 Å². The topological polar surface area (TPSA) is 55.8 Å². The Hall–Kier alpha value is -2.53. The van der Waals surface area contributed by atoms with Crippen LogP contribution in [0.2, 0.25) is 0 Å². The Kier molecular flexibility index (Phi) is 5.90. The quantitative estimate of drug-likeness (QED) is 0.795. The SMILES string of the molecule is O=C(O)N1CCN(c2ccccc2CNCCc2ccccc2)CC1. The zero-order chi connectivity index (χ0) is 17.5. The average Bonchev–Trinajstić information content (AvgIpc) is 2.66. The maximum Gasteiger partial charge on any atom is 0.407 e. The first-order chi connectivity index (χ1) is 12.2. The lowest BCUT2D eigenvalue weighted by Crippen LogP contribution is -2.48. The fourth-order valence-electron chi connectivity index (χ4n) is 3.21. The second kappa shape index (κ2) is 8.53. The van der Waals surface area contributed by atoms with Gasteiger partial charge in [-0.3, -0.25) is 0 Å². The standard InChI is InChI=1S/C20H25N3O2/c24-20(25)23-14-12-22(13-15-23)19-9-5-4-8-18(19)16-21-11-10-17-6-2-1-3-7-17/h1-9,21H,10-16H2,(H,24,25). The minimum absolute atomic E-state index is 0.561. The molecule has 25 heavy (non-hydrogen) atoms. The molecular formula is C20H25N3O2. The minimum Gasteiger partial charge on any atom is -0.465 e. The number of piperazine rings is 1. The first-order valence-corrected chi connectivity index (χ1v) is 8.79. The van der Waals surface area contributed by atoms with Crippen molar-refractivity contribution in [3.8, 4) is 0 Å². The number of nitrogens with zero attached hydrogens (tertiary/aromatic N) is 2. The molecule has 0 atom stereocenters.